The van der Waals surface area contributed by atoms with Gasteiger partial charge in [0.1, 0.15) is 5.15 Å². The van der Waals surface area contributed by atoms with Crippen molar-refractivity contribution < 1.29 is 14.6 Å². The normalized spacial score (nSPS) is 12.3. The van der Waals surface area contributed by atoms with Gasteiger partial charge in [-0.1, -0.05) is 17.7 Å². The number of carbonyl (C=O) groups is 1. The molecule has 1 heterocycles. The van der Waals surface area contributed by atoms with Crippen LogP contribution in [0.2, 0.25) is 5.15 Å². The number of methoxy groups -OCH3 is 1. The molecule has 1 N–H and O–H groups in total. The number of hydrogen-bond acceptors (Lipinski definition) is 4. The van der Waals surface area contributed by atoms with Crippen molar-refractivity contribution in [2.24, 2.45) is 0 Å². The molecule has 0 aliphatic carbocycles. The molecule has 0 aliphatic rings. The molecule has 1 aromatic rings. The molecule has 0 bridgehead atoms. The number of ether oxygens (including phenoxy) is 1. The van der Waals surface area contributed by atoms with Gasteiger partial charge in [-0.05, 0) is 13.0 Å². The number of hydrogen-bond donors (Lipinski definition) is 1. The van der Waals surface area contributed by atoms with Gasteiger partial charge in [-0.2, -0.15) is 0 Å². The molecule has 82 valence electrons. The summed E-state index contributed by atoms with van der Waals surface area (Å²) in [5.41, 5.74) is 1.20. The molecule has 0 radical (unpaired) electrons. The van der Waals surface area contributed by atoms with E-state index in [2.05, 4.69) is 9.72 Å². The zero-order valence-electron chi connectivity index (χ0n) is 8.53. The van der Waals surface area contributed by atoms with Crippen LogP contribution in [-0.4, -0.2) is 23.2 Å². The number of pyridine rings is 1. The van der Waals surface area contributed by atoms with Gasteiger partial charge in [0.05, 0.1) is 19.6 Å². The third-order valence-corrected chi connectivity index (χ3v) is 2.27. The van der Waals surface area contributed by atoms with Gasteiger partial charge in [0, 0.05) is 11.3 Å². The second-order valence-corrected chi connectivity index (χ2v) is 3.49. The Morgan fingerprint density at radius 2 is 2.33 bits per heavy atom. The van der Waals surface area contributed by atoms with Gasteiger partial charge in [-0.15, -0.1) is 0 Å². The maximum atomic E-state index is 10.9. The molecule has 1 rings (SSSR count). The first-order chi connectivity index (χ1) is 7.04. The van der Waals surface area contributed by atoms with Gasteiger partial charge in [-0.3, -0.25) is 4.79 Å². The van der Waals surface area contributed by atoms with Crippen molar-refractivity contribution >= 4 is 17.6 Å². The van der Waals surface area contributed by atoms with E-state index in [9.17, 15) is 9.90 Å². The number of aliphatic hydroxyl groups excluding tert-OH is 1. The minimum Gasteiger partial charge on any atom is -0.469 e. The Morgan fingerprint density at radius 1 is 1.67 bits per heavy atom. The van der Waals surface area contributed by atoms with Crippen LogP contribution in [-0.2, 0) is 9.53 Å². The Hall–Kier alpha value is -1.13. The van der Waals surface area contributed by atoms with Crippen LogP contribution >= 0.6 is 11.6 Å². The average molecular weight is 230 g/mol. The monoisotopic (exact) mass is 229 g/mol. The van der Waals surface area contributed by atoms with Gasteiger partial charge in [0.2, 0.25) is 0 Å². The molecular formula is C10H12ClNO3. The minimum absolute atomic E-state index is 0.124. The van der Waals surface area contributed by atoms with E-state index in [1.807, 2.05) is 0 Å². The Kier molecular flexibility index (Phi) is 4.05. The number of aliphatic hydroxyl groups is 1. The van der Waals surface area contributed by atoms with Crippen LogP contribution in [0.1, 0.15) is 23.8 Å². The topological polar surface area (TPSA) is 59.4 Å². The summed E-state index contributed by atoms with van der Waals surface area (Å²) in [6.45, 7) is 1.79. The molecule has 0 saturated heterocycles. The molecule has 5 heteroatoms. The number of aryl methyl sites for hydroxylation is 1. The Morgan fingerprint density at radius 3 is 2.87 bits per heavy atom. The fraction of sp³-hybridized carbons (Fsp3) is 0.400. The quantitative estimate of drug-likeness (QED) is 0.632. The molecule has 1 atom stereocenters. The van der Waals surface area contributed by atoms with Crippen molar-refractivity contribution in [3.05, 3.63) is 28.5 Å². The van der Waals surface area contributed by atoms with E-state index >= 15 is 0 Å². The fourth-order valence-electron chi connectivity index (χ4n) is 1.14. The number of halogens is 1. The van der Waals surface area contributed by atoms with E-state index in [0.717, 1.165) is 5.69 Å². The number of rotatable bonds is 3. The van der Waals surface area contributed by atoms with E-state index in [1.54, 1.807) is 19.1 Å². The first-order valence-corrected chi connectivity index (χ1v) is 4.80. The van der Waals surface area contributed by atoms with Gasteiger partial charge in [0.25, 0.3) is 0 Å². The summed E-state index contributed by atoms with van der Waals surface area (Å²) >= 11 is 5.83. The van der Waals surface area contributed by atoms with Gasteiger partial charge in [-0.25, -0.2) is 4.98 Å². The van der Waals surface area contributed by atoms with E-state index in [1.165, 1.54) is 7.11 Å². The summed E-state index contributed by atoms with van der Waals surface area (Å²) in [5, 5.41) is 9.88. The van der Waals surface area contributed by atoms with Crippen LogP contribution in [0.5, 0.6) is 0 Å². The minimum atomic E-state index is -0.974. The van der Waals surface area contributed by atoms with Crippen LogP contribution in [0.15, 0.2) is 12.1 Å². The van der Waals surface area contributed by atoms with Crippen molar-refractivity contribution in [2.45, 2.75) is 19.4 Å². The standard InChI is InChI=1S/C10H12ClNO3/c1-6-3-4-7(10(11)12-6)8(13)5-9(14)15-2/h3-4,8,13H,5H2,1-2H3/t8-/m1/s1. The molecule has 1 aromatic heterocycles. The van der Waals surface area contributed by atoms with Crippen LogP contribution in [0.3, 0.4) is 0 Å². The Balaban J connectivity index is 2.82. The van der Waals surface area contributed by atoms with E-state index in [-0.39, 0.29) is 11.6 Å². The summed E-state index contributed by atoms with van der Waals surface area (Å²) in [4.78, 5) is 14.9. The lowest BCUT2D eigenvalue weighted by Crippen LogP contribution is -2.09. The molecule has 0 unspecified atom stereocenters. The van der Waals surface area contributed by atoms with E-state index in [0.29, 0.717) is 5.56 Å². The molecule has 0 saturated carbocycles. The van der Waals surface area contributed by atoms with Crippen molar-refractivity contribution in [1.29, 1.82) is 0 Å². The van der Waals surface area contributed by atoms with Crippen molar-refractivity contribution in [3.8, 4) is 0 Å². The van der Waals surface area contributed by atoms with E-state index in [4.69, 9.17) is 11.6 Å². The zero-order chi connectivity index (χ0) is 11.4. The molecule has 4 nitrogen and oxygen atoms in total. The summed E-state index contributed by atoms with van der Waals surface area (Å²) in [7, 11) is 1.27. The average Bonchev–Trinajstić information content (AvgIpc) is 2.17. The molecule has 0 aromatic carbocycles. The highest BCUT2D eigenvalue weighted by molar-refractivity contribution is 6.30. The summed E-state index contributed by atoms with van der Waals surface area (Å²) in [6, 6.07) is 3.37. The predicted octanol–water partition coefficient (Wildman–Crippen LogP) is 1.64. The smallest absolute Gasteiger partial charge is 0.308 e. The number of nitrogens with zero attached hydrogens (tertiary/aromatic N) is 1. The van der Waals surface area contributed by atoms with Gasteiger partial charge < -0.3 is 9.84 Å². The highest BCUT2D eigenvalue weighted by atomic mass is 35.5. The van der Waals surface area contributed by atoms with Gasteiger partial charge >= 0.3 is 5.97 Å². The van der Waals surface area contributed by atoms with Crippen LogP contribution in [0.4, 0.5) is 0 Å². The molecule has 0 amide bonds. The first-order valence-electron chi connectivity index (χ1n) is 4.42. The summed E-state index contributed by atoms with van der Waals surface area (Å²) < 4.78 is 4.44. The third kappa shape index (κ3) is 3.18. The lowest BCUT2D eigenvalue weighted by atomic mass is 10.1. The second kappa shape index (κ2) is 5.09. The van der Waals surface area contributed by atoms with Crippen molar-refractivity contribution in [3.63, 3.8) is 0 Å². The number of carbonyl (C=O) groups excluding carboxylic acids is 1. The van der Waals surface area contributed by atoms with Crippen LogP contribution in [0.25, 0.3) is 0 Å². The number of esters is 1. The molecule has 0 fully saturated rings. The SMILES string of the molecule is COC(=O)C[C@@H](O)c1ccc(C)nc1Cl. The zero-order valence-corrected chi connectivity index (χ0v) is 9.28. The molecule has 0 spiro atoms. The lowest BCUT2D eigenvalue weighted by molar-refractivity contribution is -0.142. The van der Waals surface area contributed by atoms with Crippen LogP contribution < -0.4 is 0 Å². The maximum Gasteiger partial charge on any atom is 0.308 e. The fourth-order valence-corrected chi connectivity index (χ4v) is 1.46. The molecule has 15 heavy (non-hydrogen) atoms. The Bertz CT molecular complexity index is 368. The highest BCUT2D eigenvalue weighted by Gasteiger charge is 2.16. The summed E-state index contributed by atoms with van der Waals surface area (Å²) in [5.74, 6) is -0.487. The number of aromatic nitrogens is 1. The Labute approximate surface area is 92.8 Å². The highest BCUT2D eigenvalue weighted by Crippen LogP contribution is 2.23. The molecular weight excluding hydrogens is 218 g/mol. The molecule has 0 aliphatic heterocycles. The lowest BCUT2D eigenvalue weighted by Gasteiger charge is -2.10. The second-order valence-electron chi connectivity index (χ2n) is 3.13. The van der Waals surface area contributed by atoms with Crippen molar-refractivity contribution in [1.82, 2.24) is 4.98 Å². The van der Waals surface area contributed by atoms with Crippen molar-refractivity contribution in [2.75, 3.05) is 7.11 Å². The first kappa shape index (κ1) is 11.9. The summed E-state index contributed by atoms with van der Waals surface area (Å²) in [6.07, 6.45) is -1.10. The van der Waals surface area contributed by atoms with E-state index < -0.39 is 12.1 Å². The predicted molar refractivity (Wildman–Crippen MR) is 55.6 cm³/mol. The third-order valence-electron chi connectivity index (χ3n) is 1.96. The van der Waals surface area contributed by atoms with Crippen LogP contribution in [0, 0.1) is 6.92 Å². The maximum absolute atomic E-state index is 10.9. The largest absolute Gasteiger partial charge is 0.469 e. The van der Waals surface area contributed by atoms with Gasteiger partial charge in [0.15, 0.2) is 0 Å².